The summed E-state index contributed by atoms with van der Waals surface area (Å²) < 4.78 is 28.2. The van der Waals surface area contributed by atoms with Gasteiger partial charge < -0.3 is 56.0 Å². The fraction of sp³-hybridized carbons (Fsp3) is 0.246. The fourth-order valence-electron chi connectivity index (χ4n) is 20.2. The Hall–Kier alpha value is -17.6. The molecule has 5 fully saturated rings. The molecule has 5 aliphatic rings. The van der Waals surface area contributed by atoms with E-state index in [0.717, 1.165) is 214 Å². The average molecular weight is 1980 g/mol. The maximum absolute atomic E-state index is 14.4. The Labute approximate surface area is 849 Å². The summed E-state index contributed by atoms with van der Waals surface area (Å²) >= 11 is 0. The van der Waals surface area contributed by atoms with Crippen molar-refractivity contribution >= 4 is 202 Å². The van der Waals surface area contributed by atoms with E-state index in [1.807, 2.05) is 251 Å². The lowest BCUT2D eigenvalue weighted by Crippen LogP contribution is -2.47. The molecule has 0 aliphatic carbocycles. The van der Waals surface area contributed by atoms with Crippen LogP contribution in [-0.2, 0) is 4.79 Å². The highest BCUT2D eigenvalue weighted by atomic mass is 19.1. The number of amides is 5. The first-order valence-electron chi connectivity index (χ1n) is 50.2. The summed E-state index contributed by atoms with van der Waals surface area (Å²) in [4.78, 5) is 110. The van der Waals surface area contributed by atoms with Crippen molar-refractivity contribution in [3.05, 3.63) is 301 Å². The molecule has 10 aromatic heterocycles. The van der Waals surface area contributed by atoms with Crippen molar-refractivity contribution in [1.82, 2.24) is 105 Å². The molecule has 5 aliphatic heterocycles. The maximum Gasteiger partial charge on any atom is 0.254 e. The van der Waals surface area contributed by atoms with Crippen molar-refractivity contribution in [2.24, 2.45) is 5.92 Å². The van der Waals surface area contributed by atoms with Crippen molar-refractivity contribution < 1.29 is 37.5 Å². The zero-order valence-electron chi connectivity index (χ0n) is 82.1. The van der Waals surface area contributed by atoms with Gasteiger partial charge in [-0.2, -0.15) is 25.5 Å². The summed E-state index contributed by atoms with van der Waals surface area (Å²) in [5, 5.41) is 62.4. The Kier molecular flexibility index (Phi) is 28.2. The van der Waals surface area contributed by atoms with E-state index >= 15 is 0 Å². The quantitative estimate of drug-likeness (QED) is 0.0429. The van der Waals surface area contributed by atoms with E-state index in [-0.39, 0.29) is 54.3 Å². The highest BCUT2D eigenvalue weighted by Crippen LogP contribution is 2.38. The first kappa shape index (κ1) is 96.6. The first-order chi connectivity index (χ1) is 72.3. The number of aromatic nitrogens is 15. The summed E-state index contributed by atoms with van der Waals surface area (Å²) in [7, 11) is 2.09. The number of ketones is 1. The number of H-pyrrole nitrogens is 5. The van der Waals surface area contributed by atoms with Crippen LogP contribution in [0.25, 0.3) is 109 Å². The molecule has 0 saturated carbocycles. The van der Waals surface area contributed by atoms with Gasteiger partial charge in [0.05, 0.1) is 40.7 Å². The number of nitrogens with one attached hydrogen (secondary N) is 10. The second-order valence-corrected chi connectivity index (χ2v) is 38.4. The molecule has 25 rings (SSSR count). The highest BCUT2D eigenvalue weighted by molar-refractivity contribution is 6.13. The van der Waals surface area contributed by atoms with E-state index in [0.29, 0.717) is 97.6 Å². The number of pyridine rings is 5. The van der Waals surface area contributed by atoms with Crippen LogP contribution in [0.1, 0.15) is 130 Å². The zero-order valence-corrected chi connectivity index (χ0v) is 82.1. The van der Waals surface area contributed by atoms with Crippen molar-refractivity contribution in [3.8, 4) is 0 Å². The number of anilines is 10. The number of halogens is 2. The number of piperidine rings is 3. The minimum atomic E-state index is -1.32. The van der Waals surface area contributed by atoms with E-state index in [2.05, 4.69) is 121 Å². The lowest BCUT2D eigenvalue weighted by Gasteiger charge is -2.35. The Bertz CT molecular complexity index is 8180. The number of piperazine rings is 1. The number of likely N-dealkylation sites (tertiary alicyclic amines) is 4. The summed E-state index contributed by atoms with van der Waals surface area (Å²) in [6, 6.07) is 77.5. The molecule has 2 unspecified atom stereocenters. The highest BCUT2D eigenvalue weighted by Gasteiger charge is 2.35. The second kappa shape index (κ2) is 43.2. The van der Waals surface area contributed by atoms with Crippen LogP contribution in [0.3, 0.4) is 0 Å². The zero-order chi connectivity index (χ0) is 101. The molecule has 0 bridgehead atoms. The Morgan fingerprint density at radius 1 is 0.318 bits per heavy atom. The molecule has 746 valence electrons. The van der Waals surface area contributed by atoms with Crippen molar-refractivity contribution in [1.29, 1.82) is 0 Å². The molecule has 20 aromatic rings. The topological polar surface area (TPSA) is 390 Å². The third-order valence-electron chi connectivity index (χ3n) is 28.1. The van der Waals surface area contributed by atoms with Gasteiger partial charge in [-0.05, 0) is 278 Å². The van der Waals surface area contributed by atoms with Gasteiger partial charge in [-0.1, -0.05) is 104 Å². The lowest BCUT2D eigenvalue weighted by atomic mass is 9.92. The van der Waals surface area contributed by atoms with E-state index in [9.17, 15) is 37.5 Å². The number of nitrogens with zero attached hydrogens (tertiary/aromatic N) is 16. The SMILES string of the molecule is CC(=O)C1CCN(C(=O)c2cccc3cc(Nc4n[nH]c5cccnc45)ccc23)CC1.CC1(F)CCCN(C(=O)c2cccc3cc(Nc4n[nH]c5cccnc45)ccc23)C1.CN1CCN(C(=O)c2cccc3cc(Nc4n[nH]c5cccnc45)ccc23)CC1.O=C(c1cccc2cc(Nc3n[nH]c4cccnc34)ccc12)N1CCCC(F)C1.O=C(c1cccc2cc(Nc3n[nH]c4cccnc34)ccc12)N1CCCCCC1. The maximum atomic E-state index is 14.4. The number of hydrogen-bond donors (Lipinski definition) is 10. The molecule has 34 heteroatoms. The largest absolute Gasteiger partial charge is 0.339 e. The monoisotopic (exact) mass is 1980 g/mol. The van der Waals surface area contributed by atoms with Crippen LogP contribution >= 0.6 is 0 Å². The van der Waals surface area contributed by atoms with Crippen LogP contribution in [0, 0.1) is 5.92 Å². The molecule has 10 N–H and O–H groups in total. The molecule has 0 radical (unpaired) electrons. The van der Waals surface area contributed by atoms with Crippen LogP contribution in [0.5, 0.6) is 0 Å². The smallest absolute Gasteiger partial charge is 0.254 e. The van der Waals surface area contributed by atoms with E-state index in [4.69, 9.17) is 0 Å². The third-order valence-corrected chi connectivity index (χ3v) is 28.1. The molecule has 32 nitrogen and oxygen atoms in total. The average Bonchev–Trinajstić information content (AvgIpc) is 1.09. The van der Waals surface area contributed by atoms with Crippen LogP contribution in [-0.4, -0.2) is 238 Å². The van der Waals surface area contributed by atoms with Crippen LogP contribution in [0.2, 0.25) is 0 Å². The van der Waals surface area contributed by atoms with Crippen molar-refractivity contribution in [2.45, 2.75) is 89.9 Å². The van der Waals surface area contributed by atoms with Gasteiger partial charge in [0.1, 0.15) is 45.2 Å². The molecular weight excluding hydrogens is 1870 g/mol. The number of likely N-dealkylation sites (N-methyl/N-ethyl adjacent to an activating group) is 1. The third kappa shape index (κ3) is 21.4. The predicted molar refractivity (Wildman–Crippen MR) is 577 cm³/mol. The van der Waals surface area contributed by atoms with E-state index in [1.54, 1.807) is 54.6 Å². The number of carbonyl (C=O) groups is 6. The fourth-order valence-corrected chi connectivity index (χ4v) is 20.2. The van der Waals surface area contributed by atoms with Gasteiger partial charge in [-0.3, -0.25) is 79.2 Å². The number of hydrogen-bond acceptors (Lipinski definition) is 22. The van der Waals surface area contributed by atoms with E-state index < -0.39 is 11.8 Å². The van der Waals surface area contributed by atoms with Gasteiger partial charge >= 0.3 is 0 Å². The van der Waals surface area contributed by atoms with Crippen molar-refractivity contribution in [3.63, 3.8) is 0 Å². The second-order valence-electron chi connectivity index (χ2n) is 38.4. The number of aromatic amines is 5. The van der Waals surface area contributed by atoms with Gasteiger partial charge in [0.2, 0.25) is 0 Å². The van der Waals surface area contributed by atoms with Gasteiger partial charge in [-0.25, -0.2) is 8.78 Å². The summed E-state index contributed by atoms with van der Waals surface area (Å²) in [5.74, 6) is 3.67. The molecule has 2 atom stereocenters. The first-order valence-corrected chi connectivity index (χ1v) is 50.2. The Morgan fingerprint density at radius 2 is 0.601 bits per heavy atom. The van der Waals surface area contributed by atoms with Gasteiger partial charge in [0.25, 0.3) is 29.5 Å². The molecule has 15 heterocycles. The number of rotatable bonds is 16. The molecule has 0 spiro atoms. The number of carbonyl (C=O) groups excluding carboxylic acids is 6. The number of fused-ring (bicyclic) bond motifs is 10. The summed E-state index contributed by atoms with van der Waals surface area (Å²) in [6.07, 6.45) is 16.3. The predicted octanol–water partition coefficient (Wildman–Crippen LogP) is 21.7. The standard InChI is InChI=1S/C24H23N5O2.C23H22FN5O.C23H23N5O.C22H20FN5O.C22H22N6O/c1-15(30)16-9-12-29(13-10-16)24(31)20-5-2-4-17-14-18(7-8-19(17)20)26-23-22-21(27-28-23)6-3-11-25-22;1-23(24)10-4-12-29(14-23)22(30)18-6-2-5-15-13-16(8-9-17(15)18)26-21-20-19(27-28-21)7-3-11-25-20;29-23(28-13-3-1-2-4-14-28)19-8-5-7-16-15-17(10-11-18(16)19)25-22-21-20(26-27-22)9-6-12-24-21;23-15-5-3-11-28(13-15)22(29)18-6-1-4-14-12-16(8-9-17(14)18)25-21-20-19(26-27-21)7-2-10-24-20;1-27-10-12-28(13-11-27)22(29)18-5-2-4-15-14-16(7-8-17(15)18)24-21-20-19(25-26-21)6-3-9-23-20/h2-8,11,14,16H,9-10,12-13H2,1H3,(H2,26,27,28);2-3,5-9,11,13H,4,10,12,14H2,1H3,(H2,26,27,28);5-12,15H,1-4,13-14H2,(H2,25,26,27);1-2,4,6-10,12,15H,3,5,11,13H2,(H2,25,26,27);2-9,14H,10-13H2,1H3,(H2,24,25,26). The Morgan fingerprint density at radius 3 is 0.905 bits per heavy atom. The number of benzene rings is 10. The minimum absolute atomic E-state index is 0.0239. The minimum Gasteiger partial charge on any atom is -0.339 e. The molecule has 5 saturated heterocycles. The summed E-state index contributed by atoms with van der Waals surface area (Å²) in [6.45, 7) is 11.0. The molecular formula is C114H110F2N26O6. The molecule has 148 heavy (non-hydrogen) atoms. The number of alkyl halides is 2. The van der Waals surface area contributed by atoms with Crippen LogP contribution < -0.4 is 26.6 Å². The van der Waals surface area contributed by atoms with Crippen LogP contribution in [0.15, 0.2) is 274 Å². The van der Waals surface area contributed by atoms with E-state index in [1.165, 1.54) is 12.8 Å². The summed E-state index contributed by atoms with van der Waals surface area (Å²) in [5.41, 5.74) is 14.8. The van der Waals surface area contributed by atoms with Gasteiger partial charge in [0, 0.05) is 159 Å². The lowest BCUT2D eigenvalue weighted by molar-refractivity contribution is -0.122. The van der Waals surface area contributed by atoms with Gasteiger partial charge in [0.15, 0.2) is 29.1 Å². The van der Waals surface area contributed by atoms with Crippen LogP contribution in [0.4, 0.5) is 66.3 Å². The number of Topliss-reactive ketones (excluding diaryl/α,β-unsaturated/α-hetero) is 1. The van der Waals surface area contributed by atoms with Gasteiger partial charge in [-0.15, -0.1) is 0 Å². The normalized spacial score (nSPS) is 16.2. The molecule has 5 amide bonds. The molecule has 10 aromatic carbocycles. The van der Waals surface area contributed by atoms with Crippen molar-refractivity contribution in [2.75, 3.05) is 112 Å². The Balaban J connectivity index is 0.000000108.